The summed E-state index contributed by atoms with van der Waals surface area (Å²) in [7, 11) is 0. The van der Waals surface area contributed by atoms with Crippen molar-refractivity contribution in [2.45, 2.75) is 44.2 Å². The van der Waals surface area contributed by atoms with E-state index >= 15 is 0 Å². The van der Waals surface area contributed by atoms with E-state index in [1.54, 1.807) is 17.0 Å². The summed E-state index contributed by atoms with van der Waals surface area (Å²) in [5.74, 6) is 1.27. The van der Waals surface area contributed by atoms with Gasteiger partial charge >= 0.3 is 0 Å². The number of likely N-dealkylation sites (tertiary alicyclic amines) is 1. The van der Waals surface area contributed by atoms with Gasteiger partial charge in [0.25, 0.3) is 11.8 Å². The van der Waals surface area contributed by atoms with Crippen molar-refractivity contribution in [3.63, 3.8) is 0 Å². The lowest BCUT2D eigenvalue weighted by Gasteiger charge is -2.33. The van der Waals surface area contributed by atoms with Crippen molar-refractivity contribution in [1.82, 2.24) is 20.4 Å². The van der Waals surface area contributed by atoms with E-state index < -0.39 is 0 Å². The van der Waals surface area contributed by atoms with Gasteiger partial charge in [-0.25, -0.2) is 0 Å². The van der Waals surface area contributed by atoms with Gasteiger partial charge in [-0.1, -0.05) is 35.5 Å². The molecular formula is C25H26N4O4. The normalized spacial score (nSPS) is 18.1. The average Bonchev–Trinajstić information content (AvgIpc) is 3.54. The molecule has 2 aromatic carbocycles. The Morgan fingerprint density at radius 2 is 1.91 bits per heavy atom. The molecule has 0 radical (unpaired) electrons. The Morgan fingerprint density at radius 3 is 2.73 bits per heavy atom. The van der Waals surface area contributed by atoms with Crippen molar-refractivity contribution in [2.75, 3.05) is 13.2 Å². The van der Waals surface area contributed by atoms with Crippen LogP contribution >= 0.6 is 0 Å². The molecule has 3 aromatic rings. The van der Waals surface area contributed by atoms with Gasteiger partial charge in [0.2, 0.25) is 11.7 Å². The van der Waals surface area contributed by atoms with Gasteiger partial charge in [-0.3, -0.25) is 9.59 Å². The van der Waals surface area contributed by atoms with Crippen LogP contribution in [0, 0.1) is 0 Å². The molecule has 0 bridgehead atoms. The summed E-state index contributed by atoms with van der Waals surface area (Å²) >= 11 is 0. The predicted octanol–water partition coefficient (Wildman–Crippen LogP) is 3.76. The monoisotopic (exact) mass is 446 g/mol. The molecule has 1 saturated carbocycles. The third kappa shape index (κ3) is 5.05. The molecule has 2 fully saturated rings. The van der Waals surface area contributed by atoms with Crippen molar-refractivity contribution in [3.8, 4) is 17.1 Å². The van der Waals surface area contributed by atoms with E-state index in [1.807, 2.05) is 42.5 Å². The Kier molecular flexibility index (Phi) is 6.06. The minimum Gasteiger partial charge on any atom is -0.484 e. The minimum absolute atomic E-state index is 0.0420. The number of nitrogens with one attached hydrogen (secondary N) is 1. The summed E-state index contributed by atoms with van der Waals surface area (Å²) in [5.41, 5.74) is 1.27. The molecule has 5 rings (SSSR count). The number of hydrogen-bond donors (Lipinski definition) is 1. The second-order valence-electron chi connectivity index (χ2n) is 8.49. The fourth-order valence-electron chi connectivity index (χ4n) is 4.02. The van der Waals surface area contributed by atoms with Crippen LogP contribution in [0.3, 0.4) is 0 Å². The zero-order valence-electron chi connectivity index (χ0n) is 18.3. The van der Waals surface area contributed by atoms with Crippen molar-refractivity contribution in [1.29, 1.82) is 0 Å². The van der Waals surface area contributed by atoms with E-state index in [4.69, 9.17) is 9.26 Å². The maximum absolute atomic E-state index is 12.9. The number of carbonyl (C=O) groups is 2. The standard InChI is InChI=1S/C25H26N4O4/c30-22(16-32-20-9-2-1-3-10-20)29-14-5-4-11-21(29)25-27-23(28-33-25)17-7-6-8-18(15-17)24(31)26-19-12-13-19/h1-3,6-10,15,19,21H,4-5,11-14,16H2,(H,26,31). The molecule has 1 aliphatic carbocycles. The van der Waals surface area contributed by atoms with E-state index in [0.717, 1.165) is 32.1 Å². The molecule has 0 spiro atoms. The summed E-state index contributed by atoms with van der Waals surface area (Å²) < 4.78 is 11.2. The molecule has 2 aliphatic rings. The first-order chi connectivity index (χ1) is 16.2. The number of carbonyl (C=O) groups excluding carboxylic acids is 2. The lowest BCUT2D eigenvalue weighted by Crippen LogP contribution is -2.41. The van der Waals surface area contributed by atoms with Crippen LogP contribution in [-0.4, -0.2) is 46.0 Å². The van der Waals surface area contributed by atoms with Gasteiger partial charge in [0.15, 0.2) is 6.61 Å². The van der Waals surface area contributed by atoms with Crippen molar-refractivity contribution in [2.24, 2.45) is 0 Å². The number of hydrogen-bond acceptors (Lipinski definition) is 6. The van der Waals surface area contributed by atoms with Crippen LogP contribution in [0.5, 0.6) is 5.75 Å². The van der Waals surface area contributed by atoms with Gasteiger partial charge in [-0.15, -0.1) is 0 Å². The molecule has 2 heterocycles. The quantitative estimate of drug-likeness (QED) is 0.594. The van der Waals surface area contributed by atoms with Crippen LogP contribution in [0.2, 0.25) is 0 Å². The molecule has 8 nitrogen and oxygen atoms in total. The van der Waals surface area contributed by atoms with E-state index in [1.165, 1.54) is 0 Å². The summed E-state index contributed by atoms with van der Waals surface area (Å²) in [6.45, 7) is 0.579. The Morgan fingerprint density at radius 1 is 1.06 bits per heavy atom. The second-order valence-corrected chi connectivity index (χ2v) is 8.49. The largest absolute Gasteiger partial charge is 0.484 e. The van der Waals surface area contributed by atoms with E-state index in [9.17, 15) is 9.59 Å². The molecule has 2 amide bonds. The Hall–Kier alpha value is -3.68. The fourth-order valence-corrected chi connectivity index (χ4v) is 4.02. The number of benzene rings is 2. The number of amides is 2. The molecule has 1 unspecified atom stereocenters. The van der Waals surface area contributed by atoms with Gasteiger partial charge in [0, 0.05) is 23.7 Å². The van der Waals surface area contributed by atoms with Crippen molar-refractivity contribution in [3.05, 3.63) is 66.1 Å². The molecule has 1 atom stereocenters. The number of aromatic nitrogens is 2. The maximum Gasteiger partial charge on any atom is 0.261 e. The van der Waals surface area contributed by atoms with Crippen LogP contribution in [0.4, 0.5) is 0 Å². The number of nitrogens with zero attached hydrogens (tertiary/aromatic N) is 3. The molecular weight excluding hydrogens is 420 g/mol. The SMILES string of the molecule is O=C(NC1CC1)c1cccc(-c2noc(C3CCCCN3C(=O)COc3ccccc3)n2)c1. The lowest BCUT2D eigenvalue weighted by atomic mass is 10.0. The van der Waals surface area contributed by atoms with Gasteiger partial charge in [0.05, 0.1) is 0 Å². The minimum atomic E-state index is -0.284. The van der Waals surface area contributed by atoms with E-state index in [-0.39, 0.29) is 24.5 Å². The molecule has 8 heteroatoms. The third-order valence-electron chi connectivity index (χ3n) is 5.95. The van der Waals surface area contributed by atoms with Crippen molar-refractivity contribution < 1.29 is 18.8 Å². The highest BCUT2D eigenvalue weighted by molar-refractivity contribution is 5.95. The van der Waals surface area contributed by atoms with Crippen LogP contribution < -0.4 is 10.1 Å². The number of rotatable bonds is 7. The Balaban J connectivity index is 1.29. The third-order valence-corrected chi connectivity index (χ3v) is 5.95. The van der Waals surface area contributed by atoms with Crippen molar-refractivity contribution >= 4 is 11.8 Å². The summed E-state index contributed by atoms with van der Waals surface area (Å²) in [6, 6.07) is 16.5. The maximum atomic E-state index is 12.9. The number of ether oxygens (including phenoxy) is 1. The van der Waals surface area contributed by atoms with E-state index in [2.05, 4.69) is 15.5 Å². The zero-order chi connectivity index (χ0) is 22.6. The number of para-hydroxylation sites is 1. The van der Waals surface area contributed by atoms with Gasteiger partial charge in [-0.2, -0.15) is 4.98 Å². The lowest BCUT2D eigenvalue weighted by molar-refractivity contribution is -0.138. The first-order valence-electron chi connectivity index (χ1n) is 11.4. The molecule has 33 heavy (non-hydrogen) atoms. The highest BCUT2D eigenvalue weighted by atomic mass is 16.5. The van der Waals surface area contributed by atoms with E-state index in [0.29, 0.717) is 41.2 Å². The van der Waals surface area contributed by atoms with Crippen LogP contribution in [0.1, 0.15) is 54.4 Å². The highest BCUT2D eigenvalue weighted by Crippen LogP contribution is 2.31. The second kappa shape index (κ2) is 9.44. The topological polar surface area (TPSA) is 97.6 Å². The molecule has 1 N–H and O–H groups in total. The Bertz CT molecular complexity index is 1130. The van der Waals surface area contributed by atoms with Crippen LogP contribution in [-0.2, 0) is 4.79 Å². The van der Waals surface area contributed by atoms with Crippen LogP contribution in [0.15, 0.2) is 59.1 Å². The summed E-state index contributed by atoms with van der Waals surface area (Å²) in [6.07, 6.45) is 4.72. The smallest absolute Gasteiger partial charge is 0.261 e. The van der Waals surface area contributed by atoms with Gasteiger partial charge in [-0.05, 0) is 56.4 Å². The van der Waals surface area contributed by atoms with Gasteiger partial charge in [0.1, 0.15) is 11.8 Å². The molecule has 1 aliphatic heterocycles. The first-order valence-corrected chi connectivity index (χ1v) is 11.4. The highest BCUT2D eigenvalue weighted by Gasteiger charge is 2.32. The predicted molar refractivity (Wildman–Crippen MR) is 120 cm³/mol. The fraction of sp³-hybridized carbons (Fsp3) is 0.360. The van der Waals surface area contributed by atoms with Crippen LogP contribution in [0.25, 0.3) is 11.4 Å². The number of piperidine rings is 1. The molecule has 1 saturated heterocycles. The Labute approximate surface area is 191 Å². The molecule has 170 valence electrons. The average molecular weight is 447 g/mol. The summed E-state index contributed by atoms with van der Waals surface area (Å²) in [4.78, 5) is 31.6. The summed E-state index contributed by atoms with van der Waals surface area (Å²) in [5, 5.41) is 7.12. The zero-order valence-corrected chi connectivity index (χ0v) is 18.3. The first kappa shape index (κ1) is 21.2. The van der Waals surface area contributed by atoms with Gasteiger partial charge < -0.3 is 19.5 Å². The molecule has 1 aromatic heterocycles.